The highest BCUT2D eigenvalue weighted by Crippen LogP contribution is 2.31. The summed E-state index contributed by atoms with van der Waals surface area (Å²) in [5.41, 5.74) is 4.03. The summed E-state index contributed by atoms with van der Waals surface area (Å²) < 4.78 is 0. The first-order valence-electron chi connectivity index (χ1n) is 7.59. The number of aliphatic imine (C=N–C) groups is 2. The molecule has 0 amide bonds. The third-order valence-electron chi connectivity index (χ3n) is 4.09. The lowest BCUT2D eigenvalue weighted by Gasteiger charge is -2.18. The van der Waals surface area contributed by atoms with Crippen molar-refractivity contribution in [2.45, 2.75) is 32.4 Å². The summed E-state index contributed by atoms with van der Waals surface area (Å²) in [6.07, 6.45) is 1.85. The van der Waals surface area contributed by atoms with E-state index in [1.165, 1.54) is 0 Å². The largest absolute Gasteiger partial charge is 0.253 e. The van der Waals surface area contributed by atoms with Crippen LogP contribution in [0.15, 0.2) is 70.6 Å². The topological polar surface area (TPSA) is 24.7 Å². The SMILES string of the molecule is CCC1(CC)N=C(c2ccccc2)C(c2ccccc2)=N1. The molecule has 0 aromatic heterocycles. The molecule has 2 aromatic rings. The number of rotatable bonds is 4. The second kappa shape index (κ2) is 5.65. The van der Waals surface area contributed by atoms with Crippen LogP contribution in [0.25, 0.3) is 0 Å². The molecule has 0 spiro atoms. The highest BCUT2D eigenvalue weighted by molar-refractivity contribution is 6.54. The van der Waals surface area contributed by atoms with Crippen molar-refractivity contribution in [3.8, 4) is 0 Å². The minimum Gasteiger partial charge on any atom is -0.253 e. The molecular formula is C19H20N2. The summed E-state index contributed by atoms with van der Waals surface area (Å²) in [4.78, 5) is 10.00. The van der Waals surface area contributed by atoms with Gasteiger partial charge in [-0.25, -0.2) is 0 Å². The summed E-state index contributed by atoms with van der Waals surface area (Å²) in [6.45, 7) is 4.32. The summed E-state index contributed by atoms with van der Waals surface area (Å²) in [7, 11) is 0. The third-order valence-corrected chi connectivity index (χ3v) is 4.09. The van der Waals surface area contributed by atoms with Gasteiger partial charge in [0.1, 0.15) is 0 Å². The maximum atomic E-state index is 5.00. The van der Waals surface area contributed by atoms with Crippen LogP contribution in [0, 0.1) is 0 Å². The molecule has 0 fully saturated rings. The van der Waals surface area contributed by atoms with Crippen LogP contribution in [0.3, 0.4) is 0 Å². The van der Waals surface area contributed by atoms with E-state index in [4.69, 9.17) is 9.98 Å². The van der Waals surface area contributed by atoms with Gasteiger partial charge in [0, 0.05) is 11.1 Å². The fourth-order valence-electron chi connectivity index (χ4n) is 2.71. The smallest absolute Gasteiger partial charge is 0.151 e. The number of nitrogens with zero attached hydrogens (tertiary/aromatic N) is 2. The molecule has 106 valence electrons. The van der Waals surface area contributed by atoms with Gasteiger partial charge in [0.05, 0.1) is 11.4 Å². The van der Waals surface area contributed by atoms with E-state index in [0.29, 0.717) is 0 Å². The Kier molecular flexibility index (Phi) is 3.70. The highest BCUT2D eigenvalue weighted by atomic mass is 15.1. The molecule has 0 saturated heterocycles. The maximum absolute atomic E-state index is 5.00. The van der Waals surface area contributed by atoms with Gasteiger partial charge >= 0.3 is 0 Å². The predicted molar refractivity (Wildman–Crippen MR) is 89.3 cm³/mol. The zero-order valence-electron chi connectivity index (χ0n) is 12.6. The summed E-state index contributed by atoms with van der Waals surface area (Å²) in [5, 5.41) is 0. The van der Waals surface area contributed by atoms with Crippen LogP contribution in [0.5, 0.6) is 0 Å². The Morgan fingerprint density at radius 1 is 0.667 bits per heavy atom. The van der Waals surface area contributed by atoms with Crippen molar-refractivity contribution >= 4 is 11.4 Å². The molecule has 1 heterocycles. The van der Waals surface area contributed by atoms with Crippen molar-refractivity contribution < 1.29 is 0 Å². The molecule has 0 radical (unpaired) electrons. The zero-order valence-corrected chi connectivity index (χ0v) is 12.6. The van der Waals surface area contributed by atoms with Crippen molar-refractivity contribution in [2.24, 2.45) is 9.98 Å². The monoisotopic (exact) mass is 276 g/mol. The fourth-order valence-corrected chi connectivity index (χ4v) is 2.71. The lowest BCUT2D eigenvalue weighted by atomic mass is 10.0. The van der Waals surface area contributed by atoms with Gasteiger partial charge in [-0.1, -0.05) is 74.5 Å². The van der Waals surface area contributed by atoms with Crippen LogP contribution in [0.1, 0.15) is 37.8 Å². The van der Waals surface area contributed by atoms with Gasteiger partial charge in [0.15, 0.2) is 5.66 Å². The number of benzene rings is 2. The Morgan fingerprint density at radius 2 is 1.05 bits per heavy atom. The zero-order chi connectivity index (χ0) is 14.7. The Hall–Kier alpha value is -2.22. The summed E-state index contributed by atoms with van der Waals surface area (Å²) in [5.74, 6) is 0. The van der Waals surface area contributed by atoms with Crippen LogP contribution in [0.2, 0.25) is 0 Å². The van der Waals surface area contributed by atoms with Crippen LogP contribution in [-0.4, -0.2) is 17.1 Å². The van der Waals surface area contributed by atoms with Crippen molar-refractivity contribution in [1.29, 1.82) is 0 Å². The van der Waals surface area contributed by atoms with E-state index in [2.05, 4.69) is 62.4 Å². The van der Waals surface area contributed by atoms with Crippen molar-refractivity contribution in [3.05, 3.63) is 71.8 Å². The molecule has 0 aliphatic carbocycles. The van der Waals surface area contributed by atoms with E-state index in [1.807, 2.05) is 12.1 Å². The third kappa shape index (κ3) is 2.54. The van der Waals surface area contributed by atoms with E-state index in [9.17, 15) is 0 Å². The summed E-state index contributed by atoms with van der Waals surface area (Å²) in [6, 6.07) is 20.7. The molecule has 2 heteroatoms. The van der Waals surface area contributed by atoms with Gasteiger partial charge < -0.3 is 0 Å². The minimum atomic E-state index is -0.295. The van der Waals surface area contributed by atoms with Crippen molar-refractivity contribution in [2.75, 3.05) is 0 Å². The molecule has 0 N–H and O–H groups in total. The normalized spacial score (nSPS) is 16.5. The van der Waals surface area contributed by atoms with Crippen LogP contribution in [0.4, 0.5) is 0 Å². The van der Waals surface area contributed by atoms with Crippen LogP contribution < -0.4 is 0 Å². The van der Waals surface area contributed by atoms with E-state index in [0.717, 1.165) is 35.4 Å². The Bertz CT molecular complexity index is 608. The molecule has 0 atom stereocenters. The highest BCUT2D eigenvalue weighted by Gasteiger charge is 2.33. The van der Waals surface area contributed by atoms with Gasteiger partial charge in [-0.05, 0) is 12.8 Å². The average Bonchev–Trinajstić information content (AvgIpc) is 2.97. The molecule has 1 aliphatic rings. The lowest BCUT2D eigenvalue weighted by Crippen LogP contribution is -2.18. The van der Waals surface area contributed by atoms with E-state index >= 15 is 0 Å². The number of hydrogen-bond donors (Lipinski definition) is 0. The van der Waals surface area contributed by atoms with Crippen LogP contribution >= 0.6 is 0 Å². The molecule has 3 rings (SSSR count). The molecule has 0 unspecified atom stereocenters. The second-order valence-electron chi connectivity index (χ2n) is 5.34. The second-order valence-corrected chi connectivity index (χ2v) is 5.34. The van der Waals surface area contributed by atoms with Gasteiger partial charge in [-0.2, -0.15) is 0 Å². The first kappa shape index (κ1) is 13.7. The molecule has 1 aliphatic heterocycles. The van der Waals surface area contributed by atoms with Crippen LogP contribution in [-0.2, 0) is 0 Å². The van der Waals surface area contributed by atoms with E-state index < -0.39 is 0 Å². The van der Waals surface area contributed by atoms with Gasteiger partial charge in [0.2, 0.25) is 0 Å². The predicted octanol–water partition coefficient (Wildman–Crippen LogP) is 4.49. The molecule has 2 aromatic carbocycles. The average molecular weight is 276 g/mol. The summed E-state index contributed by atoms with van der Waals surface area (Å²) >= 11 is 0. The Morgan fingerprint density at radius 3 is 1.38 bits per heavy atom. The fraction of sp³-hybridized carbons (Fsp3) is 0.263. The molecule has 0 bridgehead atoms. The standard InChI is InChI=1S/C19H20N2/c1-3-19(4-2)20-17(15-11-7-5-8-12-15)18(21-19)16-13-9-6-10-14-16/h5-14H,3-4H2,1-2H3. The van der Waals surface area contributed by atoms with Gasteiger partial charge in [0.25, 0.3) is 0 Å². The Balaban J connectivity index is 2.14. The molecule has 0 saturated carbocycles. The maximum Gasteiger partial charge on any atom is 0.151 e. The molecule has 2 nitrogen and oxygen atoms in total. The molecule has 21 heavy (non-hydrogen) atoms. The molecular weight excluding hydrogens is 256 g/mol. The number of hydrogen-bond acceptors (Lipinski definition) is 2. The van der Waals surface area contributed by atoms with E-state index in [1.54, 1.807) is 0 Å². The van der Waals surface area contributed by atoms with Crippen molar-refractivity contribution in [3.63, 3.8) is 0 Å². The van der Waals surface area contributed by atoms with Gasteiger partial charge in [-0.3, -0.25) is 9.98 Å². The van der Waals surface area contributed by atoms with Gasteiger partial charge in [-0.15, -0.1) is 0 Å². The van der Waals surface area contributed by atoms with E-state index in [-0.39, 0.29) is 5.66 Å². The first-order chi connectivity index (χ1) is 10.3. The minimum absolute atomic E-state index is 0.295. The quantitative estimate of drug-likeness (QED) is 0.785. The van der Waals surface area contributed by atoms with Crippen molar-refractivity contribution in [1.82, 2.24) is 0 Å². The first-order valence-corrected chi connectivity index (χ1v) is 7.59. The Labute approximate surface area is 126 Å². The lowest BCUT2D eigenvalue weighted by molar-refractivity contribution is 0.428.